The lowest BCUT2D eigenvalue weighted by Gasteiger charge is -2.02. The van der Waals surface area contributed by atoms with E-state index in [2.05, 4.69) is 9.97 Å². The molecule has 0 aliphatic rings. The molecule has 0 saturated carbocycles. The van der Waals surface area contributed by atoms with Crippen molar-refractivity contribution in [1.82, 2.24) is 9.97 Å². The van der Waals surface area contributed by atoms with Gasteiger partial charge < -0.3 is 10.1 Å². The number of rotatable bonds is 2. The second-order valence-electron chi connectivity index (χ2n) is 4.52. The molecule has 0 saturated heterocycles. The smallest absolute Gasteiger partial charge is 0.337 e. The number of benzene rings is 1. The van der Waals surface area contributed by atoms with Crippen molar-refractivity contribution in [3.63, 3.8) is 0 Å². The van der Waals surface area contributed by atoms with Crippen molar-refractivity contribution in [2.75, 3.05) is 0 Å². The maximum atomic E-state index is 14.0. The number of halogens is 1. The van der Waals surface area contributed by atoms with Gasteiger partial charge in [0.15, 0.2) is 0 Å². The van der Waals surface area contributed by atoms with E-state index >= 15 is 0 Å². The topological polar surface area (TPSA) is 66.0 Å². The quantitative estimate of drug-likeness (QED) is 0.750. The Morgan fingerprint density at radius 2 is 2.10 bits per heavy atom. The van der Waals surface area contributed by atoms with E-state index in [1.54, 1.807) is 18.2 Å². The molecule has 0 fully saturated rings. The van der Waals surface area contributed by atoms with Crippen molar-refractivity contribution in [1.29, 1.82) is 0 Å². The van der Waals surface area contributed by atoms with Gasteiger partial charge in [0.1, 0.15) is 5.82 Å². The van der Waals surface area contributed by atoms with E-state index in [-0.39, 0.29) is 11.4 Å². The van der Waals surface area contributed by atoms with Crippen LogP contribution in [0, 0.1) is 12.7 Å². The molecule has 4 nitrogen and oxygen atoms in total. The summed E-state index contributed by atoms with van der Waals surface area (Å²) in [7, 11) is 0. The Balaban J connectivity index is 2.23. The normalized spacial score (nSPS) is 10.9. The molecule has 0 aliphatic heterocycles. The summed E-state index contributed by atoms with van der Waals surface area (Å²) in [5.74, 6) is -1.36. The number of carbonyl (C=O) groups is 1. The zero-order valence-electron chi connectivity index (χ0n) is 10.6. The Morgan fingerprint density at radius 3 is 2.75 bits per heavy atom. The maximum absolute atomic E-state index is 14.0. The van der Waals surface area contributed by atoms with Crippen LogP contribution < -0.4 is 0 Å². The van der Waals surface area contributed by atoms with Crippen molar-refractivity contribution >= 4 is 16.9 Å². The first-order chi connectivity index (χ1) is 9.58. The average molecular weight is 270 g/mol. The van der Waals surface area contributed by atoms with E-state index in [1.165, 1.54) is 18.3 Å². The minimum atomic E-state index is -1.04. The van der Waals surface area contributed by atoms with Crippen molar-refractivity contribution < 1.29 is 14.3 Å². The lowest BCUT2D eigenvalue weighted by atomic mass is 10.1. The number of hydrogen-bond donors (Lipinski definition) is 2. The molecule has 3 rings (SSSR count). The Bertz CT molecular complexity index is 807. The third-order valence-electron chi connectivity index (χ3n) is 3.23. The number of nitrogens with one attached hydrogen (secondary N) is 1. The van der Waals surface area contributed by atoms with Gasteiger partial charge in [0.25, 0.3) is 0 Å². The summed E-state index contributed by atoms with van der Waals surface area (Å²) in [5.41, 5.74) is 2.80. The summed E-state index contributed by atoms with van der Waals surface area (Å²) in [4.78, 5) is 18.1. The van der Waals surface area contributed by atoms with Crippen LogP contribution in [0.5, 0.6) is 0 Å². The van der Waals surface area contributed by atoms with Crippen LogP contribution in [0.15, 0.2) is 36.5 Å². The summed E-state index contributed by atoms with van der Waals surface area (Å²) in [5, 5.41) is 9.34. The predicted molar refractivity (Wildman–Crippen MR) is 73.2 cm³/mol. The zero-order chi connectivity index (χ0) is 14.3. The second kappa shape index (κ2) is 4.45. The van der Waals surface area contributed by atoms with Crippen LogP contribution in [0.3, 0.4) is 0 Å². The van der Waals surface area contributed by atoms with E-state index in [0.29, 0.717) is 22.2 Å². The minimum Gasteiger partial charge on any atom is -0.478 e. The van der Waals surface area contributed by atoms with Gasteiger partial charge >= 0.3 is 5.97 Å². The fourth-order valence-corrected chi connectivity index (χ4v) is 2.32. The molecule has 0 bridgehead atoms. The van der Waals surface area contributed by atoms with Crippen LogP contribution >= 0.6 is 0 Å². The first kappa shape index (κ1) is 12.3. The highest BCUT2D eigenvalue weighted by Crippen LogP contribution is 2.32. The van der Waals surface area contributed by atoms with E-state index in [4.69, 9.17) is 5.11 Å². The number of pyridine rings is 1. The Hall–Kier alpha value is -2.69. The van der Waals surface area contributed by atoms with Crippen LogP contribution in [0.4, 0.5) is 4.39 Å². The summed E-state index contributed by atoms with van der Waals surface area (Å²) in [6.45, 7) is 1.83. The predicted octanol–water partition coefficient (Wildman–Crippen LogP) is 3.38. The molecule has 5 heteroatoms. The molecule has 100 valence electrons. The van der Waals surface area contributed by atoms with E-state index in [9.17, 15) is 9.18 Å². The molecule has 2 N–H and O–H groups in total. The Labute approximate surface area is 113 Å². The number of H-pyrrole nitrogens is 1. The van der Waals surface area contributed by atoms with Crippen LogP contribution in [-0.2, 0) is 0 Å². The van der Waals surface area contributed by atoms with Gasteiger partial charge in [-0.25, -0.2) is 9.18 Å². The average Bonchev–Trinajstić information content (AvgIpc) is 2.76. The molecule has 0 amide bonds. The Morgan fingerprint density at radius 1 is 1.30 bits per heavy atom. The number of aromatic amines is 1. The summed E-state index contributed by atoms with van der Waals surface area (Å²) in [6, 6.07) is 7.87. The highest BCUT2D eigenvalue weighted by Gasteiger charge is 2.15. The molecule has 1 aromatic carbocycles. The number of aromatic carboxylic acids is 1. The fourth-order valence-electron chi connectivity index (χ4n) is 2.32. The first-order valence-corrected chi connectivity index (χ1v) is 6.04. The molecule has 2 aromatic heterocycles. The lowest BCUT2D eigenvalue weighted by Crippen LogP contribution is -1.97. The van der Waals surface area contributed by atoms with Gasteiger partial charge in [-0.3, -0.25) is 4.98 Å². The van der Waals surface area contributed by atoms with E-state index in [0.717, 1.165) is 5.69 Å². The monoisotopic (exact) mass is 270 g/mol. The minimum absolute atomic E-state index is 0.103. The van der Waals surface area contributed by atoms with Gasteiger partial charge in [0.2, 0.25) is 0 Å². The number of nitrogens with zero attached hydrogens (tertiary/aromatic N) is 1. The van der Waals surface area contributed by atoms with Gasteiger partial charge in [-0.05, 0) is 31.2 Å². The molecule has 0 radical (unpaired) electrons. The number of fused-ring (bicyclic) bond motifs is 1. The van der Waals surface area contributed by atoms with Gasteiger partial charge in [0, 0.05) is 28.4 Å². The van der Waals surface area contributed by atoms with Gasteiger partial charge in [0.05, 0.1) is 11.3 Å². The maximum Gasteiger partial charge on any atom is 0.337 e. The number of carboxylic acids is 1. The number of hydrogen-bond acceptors (Lipinski definition) is 2. The molecule has 2 heterocycles. The van der Waals surface area contributed by atoms with Gasteiger partial charge in [-0.1, -0.05) is 6.07 Å². The molecule has 20 heavy (non-hydrogen) atoms. The zero-order valence-corrected chi connectivity index (χ0v) is 10.6. The molecule has 0 unspecified atom stereocenters. The summed E-state index contributed by atoms with van der Waals surface area (Å²) in [6.07, 6.45) is 1.27. The SMILES string of the molecule is Cc1[nH]c2cccc(F)c2c1-c1ccc(C(=O)O)cn1. The standard InChI is InChI=1S/C15H11FN2O2/c1-8-13(11-6-5-9(7-17-11)15(19)20)14-10(16)3-2-4-12(14)18-8/h2-7,18H,1H3,(H,19,20). The Kier molecular flexibility index (Phi) is 2.75. The third-order valence-corrected chi connectivity index (χ3v) is 3.23. The molecular formula is C15H11FN2O2. The second-order valence-corrected chi connectivity index (χ2v) is 4.52. The summed E-state index contributed by atoms with van der Waals surface area (Å²) >= 11 is 0. The largest absolute Gasteiger partial charge is 0.478 e. The van der Waals surface area contributed by atoms with Gasteiger partial charge in [-0.15, -0.1) is 0 Å². The summed E-state index contributed by atoms with van der Waals surface area (Å²) < 4.78 is 14.0. The highest BCUT2D eigenvalue weighted by atomic mass is 19.1. The molecule has 0 aliphatic carbocycles. The molecule has 0 spiro atoms. The molecule has 0 atom stereocenters. The number of carboxylic acid groups (broad SMARTS) is 1. The van der Waals surface area contributed by atoms with Crippen LogP contribution in [-0.4, -0.2) is 21.0 Å². The van der Waals surface area contributed by atoms with Gasteiger partial charge in [-0.2, -0.15) is 0 Å². The molecular weight excluding hydrogens is 259 g/mol. The van der Waals surface area contributed by atoms with Crippen LogP contribution in [0.2, 0.25) is 0 Å². The third kappa shape index (κ3) is 1.84. The molecule has 3 aromatic rings. The van der Waals surface area contributed by atoms with Crippen molar-refractivity contribution in [3.05, 3.63) is 53.6 Å². The number of aryl methyl sites for hydroxylation is 1. The lowest BCUT2D eigenvalue weighted by molar-refractivity contribution is 0.0696. The fraction of sp³-hybridized carbons (Fsp3) is 0.0667. The van der Waals surface area contributed by atoms with Crippen LogP contribution in [0.25, 0.3) is 22.2 Å². The van der Waals surface area contributed by atoms with Crippen molar-refractivity contribution in [2.24, 2.45) is 0 Å². The van der Waals surface area contributed by atoms with E-state index < -0.39 is 5.97 Å². The highest BCUT2D eigenvalue weighted by molar-refractivity contribution is 5.97. The van der Waals surface area contributed by atoms with Crippen molar-refractivity contribution in [3.8, 4) is 11.3 Å². The van der Waals surface area contributed by atoms with Crippen LogP contribution in [0.1, 0.15) is 16.1 Å². The first-order valence-electron chi connectivity index (χ1n) is 6.04. The van der Waals surface area contributed by atoms with E-state index in [1.807, 2.05) is 6.92 Å². The number of aromatic nitrogens is 2. The van der Waals surface area contributed by atoms with Crippen molar-refractivity contribution in [2.45, 2.75) is 6.92 Å².